The number of hydrogen-bond acceptors (Lipinski definition) is 9. The Morgan fingerprint density at radius 2 is 2.08 bits per heavy atom. The minimum Gasteiger partial charge on any atom is -0.490 e. The summed E-state index contributed by atoms with van der Waals surface area (Å²) >= 11 is 1.68. The van der Waals surface area contributed by atoms with E-state index in [0.29, 0.717) is 12.5 Å². The van der Waals surface area contributed by atoms with Crippen LogP contribution in [0.4, 0.5) is 11.5 Å². The van der Waals surface area contributed by atoms with E-state index in [4.69, 9.17) is 20.2 Å². The van der Waals surface area contributed by atoms with Crippen molar-refractivity contribution >= 4 is 39.0 Å². The van der Waals surface area contributed by atoms with Crippen molar-refractivity contribution in [2.75, 3.05) is 31.6 Å². The van der Waals surface area contributed by atoms with Crippen LogP contribution in [-0.4, -0.2) is 75.2 Å². The number of carbonyl (C=O) groups is 1. The zero-order valence-corrected chi connectivity index (χ0v) is 22.6. The van der Waals surface area contributed by atoms with Crippen molar-refractivity contribution in [3.8, 4) is 5.75 Å². The van der Waals surface area contributed by atoms with Gasteiger partial charge in [0.25, 0.3) is 0 Å². The molecule has 0 bridgehead atoms. The maximum Gasteiger partial charge on any atom is 0.246 e. The summed E-state index contributed by atoms with van der Waals surface area (Å²) in [6.07, 6.45) is 9.04. The summed E-state index contributed by atoms with van der Waals surface area (Å²) in [5, 5.41) is 18.9. The molecule has 1 aliphatic heterocycles. The van der Waals surface area contributed by atoms with Crippen LogP contribution in [0.25, 0.3) is 10.2 Å². The van der Waals surface area contributed by atoms with E-state index in [1.165, 1.54) is 10.4 Å². The molecule has 2 fully saturated rings. The van der Waals surface area contributed by atoms with E-state index < -0.39 is 12.0 Å². The Labute approximate surface area is 226 Å². The summed E-state index contributed by atoms with van der Waals surface area (Å²) < 4.78 is 14.1. The minimum atomic E-state index is -1.15. The predicted octanol–water partition coefficient (Wildman–Crippen LogP) is 3.06. The standard InChI is InChI=1S/C27H36N6O4S/c1-32-15-17(14-29-32)30-23-13-21(37-19-5-3-18(4-6-19)33-8-10-36-11-9-33)25-24-16(12-20(34)26(28)35)2-7-22(24)38-27(25)31-23/h13-16,18-20,34H,2-12H2,1H3,(H2,28,35)(H,30,31)/t16-,18-,19-,20+/m1/s1. The van der Waals surface area contributed by atoms with E-state index >= 15 is 0 Å². The zero-order valence-electron chi connectivity index (χ0n) is 21.8. The van der Waals surface area contributed by atoms with Gasteiger partial charge in [-0.1, -0.05) is 0 Å². The molecule has 0 aromatic carbocycles. The van der Waals surface area contributed by atoms with Crippen molar-refractivity contribution in [2.24, 2.45) is 12.8 Å². The number of thiophene rings is 1. The van der Waals surface area contributed by atoms with Gasteiger partial charge in [0.2, 0.25) is 5.91 Å². The van der Waals surface area contributed by atoms with Crippen LogP contribution >= 0.6 is 11.3 Å². The molecule has 1 saturated heterocycles. The maximum atomic E-state index is 11.6. The molecule has 1 amide bonds. The van der Waals surface area contributed by atoms with Crippen molar-refractivity contribution in [1.82, 2.24) is 19.7 Å². The summed E-state index contributed by atoms with van der Waals surface area (Å²) in [7, 11) is 1.88. The molecule has 3 aromatic rings. The van der Waals surface area contributed by atoms with Crippen LogP contribution in [0.3, 0.4) is 0 Å². The Morgan fingerprint density at radius 1 is 1.29 bits per heavy atom. The Hall–Kier alpha value is -2.73. The van der Waals surface area contributed by atoms with Gasteiger partial charge >= 0.3 is 0 Å². The number of primary amides is 1. The molecule has 204 valence electrons. The fourth-order valence-electron chi connectivity index (χ4n) is 6.26. The first-order valence-corrected chi connectivity index (χ1v) is 14.4. The van der Waals surface area contributed by atoms with Crippen molar-refractivity contribution in [3.63, 3.8) is 0 Å². The van der Waals surface area contributed by atoms with Gasteiger partial charge in [-0.2, -0.15) is 5.10 Å². The second kappa shape index (κ2) is 10.8. The predicted molar refractivity (Wildman–Crippen MR) is 146 cm³/mol. The molecular weight excluding hydrogens is 504 g/mol. The first kappa shape index (κ1) is 25.5. The third-order valence-electron chi connectivity index (χ3n) is 8.18. The van der Waals surface area contributed by atoms with Crippen molar-refractivity contribution < 1.29 is 19.4 Å². The number of nitrogens with zero attached hydrogens (tertiary/aromatic N) is 4. The number of ether oxygens (including phenoxy) is 2. The monoisotopic (exact) mass is 540 g/mol. The highest BCUT2D eigenvalue weighted by Gasteiger charge is 2.34. The number of anilines is 2. The number of aliphatic hydroxyl groups is 1. The molecule has 10 nitrogen and oxygen atoms in total. The number of amides is 1. The summed E-state index contributed by atoms with van der Waals surface area (Å²) in [5.74, 6) is 0.928. The van der Waals surface area contributed by atoms with Crippen LogP contribution in [0, 0.1) is 0 Å². The highest BCUT2D eigenvalue weighted by Crippen LogP contribution is 2.49. The quantitative estimate of drug-likeness (QED) is 0.398. The van der Waals surface area contributed by atoms with E-state index in [9.17, 15) is 9.90 Å². The van der Waals surface area contributed by atoms with Gasteiger partial charge < -0.3 is 25.6 Å². The maximum absolute atomic E-state index is 11.6. The van der Waals surface area contributed by atoms with E-state index in [1.54, 1.807) is 22.2 Å². The number of fused-ring (bicyclic) bond motifs is 3. The highest BCUT2D eigenvalue weighted by atomic mass is 32.1. The zero-order chi connectivity index (χ0) is 26.2. The first-order chi connectivity index (χ1) is 18.4. The van der Waals surface area contributed by atoms with Gasteiger partial charge in [-0.15, -0.1) is 11.3 Å². The largest absolute Gasteiger partial charge is 0.490 e. The molecule has 0 radical (unpaired) electrons. The van der Waals surface area contributed by atoms with Crippen molar-refractivity contribution in [2.45, 2.75) is 69.1 Å². The second-order valence-electron chi connectivity index (χ2n) is 10.7. The molecule has 2 aliphatic carbocycles. The van der Waals surface area contributed by atoms with Gasteiger partial charge in [-0.05, 0) is 56.4 Å². The number of nitrogens with one attached hydrogen (secondary N) is 1. The minimum absolute atomic E-state index is 0.0552. The lowest BCUT2D eigenvalue weighted by molar-refractivity contribution is -0.126. The smallest absolute Gasteiger partial charge is 0.246 e. The number of morpholine rings is 1. The number of hydrogen-bond donors (Lipinski definition) is 3. The Balaban J connectivity index is 1.28. The number of aliphatic hydroxyl groups excluding tert-OH is 1. The number of nitrogens with two attached hydrogens (primary N) is 1. The van der Waals surface area contributed by atoms with Crippen LogP contribution < -0.4 is 15.8 Å². The summed E-state index contributed by atoms with van der Waals surface area (Å²) in [5.41, 5.74) is 7.42. The third kappa shape index (κ3) is 5.25. The summed E-state index contributed by atoms with van der Waals surface area (Å²) in [4.78, 5) is 21.3. The molecule has 2 atom stereocenters. The van der Waals surface area contributed by atoms with Crippen LogP contribution in [0.5, 0.6) is 5.75 Å². The average molecular weight is 541 g/mol. The lowest BCUT2D eigenvalue weighted by Crippen LogP contribution is -2.46. The van der Waals surface area contributed by atoms with Gasteiger partial charge in [0.15, 0.2) is 0 Å². The Bertz CT molecular complexity index is 1290. The van der Waals surface area contributed by atoms with Gasteiger partial charge in [0.1, 0.15) is 22.5 Å². The van der Waals surface area contributed by atoms with Crippen LogP contribution in [0.2, 0.25) is 0 Å². The van der Waals surface area contributed by atoms with Crippen LogP contribution in [0.1, 0.15) is 54.9 Å². The molecule has 0 unspecified atom stereocenters. The molecule has 4 N–H and O–H groups in total. The Morgan fingerprint density at radius 3 is 2.79 bits per heavy atom. The van der Waals surface area contributed by atoms with E-state index in [-0.39, 0.29) is 12.0 Å². The van der Waals surface area contributed by atoms with Crippen LogP contribution in [-0.2, 0) is 23.0 Å². The van der Waals surface area contributed by atoms with E-state index in [2.05, 4.69) is 15.3 Å². The fourth-order valence-corrected chi connectivity index (χ4v) is 7.55. The third-order valence-corrected chi connectivity index (χ3v) is 9.34. The van der Waals surface area contributed by atoms with Crippen molar-refractivity contribution in [1.29, 1.82) is 0 Å². The number of pyridine rings is 1. The molecule has 11 heteroatoms. The Kier molecular flexibility index (Phi) is 7.26. The molecule has 38 heavy (non-hydrogen) atoms. The normalized spacial score (nSPS) is 24.8. The molecule has 3 aromatic heterocycles. The van der Waals surface area contributed by atoms with Crippen LogP contribution in [0.15, 0.2) is 18.5 Å². The van der Waals surface area contributed by atoms with E-state index in [1.807, 2.05) is 19.3 Å². The number of aryl methyl sites for hydroxylation is 2. The van der Waals surface area contributed by atoms with Gasteiger partial charge in [-0.25, -0.2) is 4.98 Å². The lowest BCUT2D eigenvalue weighted by atomic mass is 9.91. The topological polar surface area (TPSA) is 128 Å². The first-order valence-electron chi connectivity index (χ1n) is 13.6. The summed E-state index contributed by atoms with van der Waals surface area (Å²) in [6.45, 7) is 3.69. The van der Waals surface area contributed by atoms with Gasteiger partial charge in [0.05, 0.1) is 36.6 Å². The molecule has 0 spiro atoms. The summed E-state index contributed by atoms with van der Waals surface area (Å²) in [6, 6.07) is 2.60. The molecule has 6 rings (SSSR count). The molecule has 3 aliphatic rings. The molecule has 4 heterocycles. The van der Waals surface area contributed by atoms with Gasteiger partial charge in [-0.3, -0.25) is 14.4 Å². The molecular formula is C27H36N6O4S. The fraction of sp³-hybridized carbons (Fsp3) is 0.593. The lowest BCUT2D eigenvalue weighted by Gasteiger charge is -2.38. The highest BCUT2D eigenvalue weighted by molar-refractivity contribution is 7.19. The number of rotatable bonds is 8. The molecule has 1 saturated carbocycles. The second-order valence-corrected chi connectivity index (χ2v) is 11.8. The number of aromatic nitrogens is 3. The average Bonchev–Trinajstić information content (AvgIpc) is 3.60. The van der Waals surface area contributed by atoms with E-state index in [0.717, 1.165) is 92.3 Å². The number of carbonyl (C=O) groups excluding carboxylic acids is 1. The van der Waals surface area contributed by atoms with Crippen molar-refractivity contribution in [3.05, 3.63) is 28.9 Å². The SMILES string of the molecule is Cn1cc(Nc2cc(O[C@H]3CC[C@H](N4CCOCC4)CC3)c3c4c(sc3n2)CC[C@@H]4C[C@H](O)C(N)=O)cn1. The van der Waals surface area contributed by atoms with Gasteiger partial charge in [0, 0.05) is 43.3 Å².